The molecule has 3 nitrogen and oxygen atoms in total. The van der Waals surface area contributed by atoms with Crippen molar-refractivity contribution in [2.45, 2.75) is 31.4 Å². The lowest BCUT2D eigenvalue weighted by molar-refractivity contribution is -0.115. The highest BCUT2D eigenvalue weighted by molar-refractivity contribution is 8.00. The highest BCUT2D eigenvalue weighted by Crippen LogP contribution is 2.26. The second-order valence-electron chi connectivity index (χ2n) is 4.83. The quantitative estimate of drug-likeness (QED) is 0.823. The number of benzene rings is 1. The minimum atomic E-state index is -0.142. The first-order valence-corrected chi connectivity index (χ1v) is 7.88. The van der Waals surface area contributed by atoms with E-state index in [1.54, 1.807) is 11.8 Å². The van der Waals surface area contributed by atoms with E-state index in [0.29, 0.717) is 0 Å². The van der Waals surface area contributed by atoms with Gasteiger partial charge in [-0.05, 0) is 49.3 Å². The van der Waals surface area contributed by atoms with Crippen molar-refractivity contribution < 1.29 is 9.90 Å². The third-order valence-corrected chi connectivity index (χ3v) is 4.64. The number of nitrogens with one attached hydrogen (secondary N) is 1. The SMILES string of the molecule is Cc1cc(NC(=O)C2CCCCS2)ccc1C#CCO. The van der Waals surface area contributed by atoms with Gasteiger partial charge < -0.3 is 10.4 Å². The molecule has 0 spiro atoms. The van der Waals surface area contributed by atoms with Crippen LogP contribution in [0.1, 0.15) is 30.4 Å². The molecule has 0 saturated carbocycles. The van der Waals surface area contributed by atoms with Crippen molar-refractivity contribution in [3.8, 4) is 11.8 Å². The summed E-state index contributed by atoms with van der Waals surface area (Å²) in [5.41, 5.74) is 2.69. The Hall–Kier alpha value is -1.44. The molecule has 1 amide bonds. The second kappa shape index (κ2) is 7.37. The Balaban J connectivity index is 2.02. The third-order valence-electron chi connectivity index (χ3n) is 3.27. The van der Waals surface area contributed by atoms with Gasteiger partial charge in [0.25, 0.3) is 0 Å². The number of hydrogen-bond donors (Lipinski definition) is 2. The lowest BCUT2D eigenvalue weighted by Crippen LogP contribution is -2.27. The van der Waals surface area contributed by atoms with Gasteiger partial charge in [0.1, 0.15) is 6.61 Å². The van der Waals surface area contributed by atoms with Crippen LogP contribution in [0.5, 0.6) is 0 Å². The molecule has 0 aromatic heterocycles. The van der Waals surface area contributed by atoms with Gasteiger partial charge in [-0.2, -0.15) is 0 Å². The number of carbonyl (C=O) groups excluding carboxylic acids is 1. The molecule has 2 N–H and O–H groups in total. The Morgan fingerprint density at radius 3 is 3.00 bits per heavy atom. The van der Waals surface area contributed by atoms with E-state index in [1.165, 1.54) is 6.42 Å². The van der Waals surface area contributed by atoms with E-state index in [2.05, 4.69) is 17.2 Å². The standard InChI is InChI=1S/C16H19NO2S/c1-12-11-14(8-7-13(12)5-4-9-18)17-16(19)15-6-2-3-10-20-15/h7-8,11,15,18H,2-3,6,9-10H2,1H3,(H,17,19). The zero-order valence-electron chi connectivity index (χ0n) is 11.6. The van der Waals surface area contributed by atoms with E-state index in [-0.39, 0.29) is 17.8 Å². The smallest absolute Gasteiger partial charge is 0.237 e. The maximum Gasteiger partial charge on any atom is 0.237 e. The van der Waals surface area contributed by atoms with E-state index in [1.807, 2.05) is 25.1 Å². The summed E-state index contributed by atoms with van der Waals surface area (Å²) in [7, 11) is 0. The highest BCUT2D eigenvalue weighted by atomic mass is 32.2. The summed E-state index contributed by atoms with van der Waals surface area (Å²) < 4.78 is 0. The largest absolute Gasteiger partial charge is 0.384 e. The number of rotatable bonds is 2. The minimum Gasteiger partial charge on any atom is -0.384 e. The summed E-state index contributed by atoms with van der Waals surface area (Å²) in [4.78, 5) is 12.1. The molecule has 20 heavy (non-hydrogen) atoms. The van der Waals surface area contributed by atoms with Crippen molar-refractivity contribution in [3.05, 3.63) is 29.3 Å². The summed E-state index contributed by atoms with van der Waals surface area (Å²) in [6, 6.07) is 5.66. The Morgan fingerprint density at radius 2 is 2.35 bits per heavy atom. The molecule has 1 heterocycles. The molecule has 1 unspecified atom stereocenters. The number of aliphatic hydroxyl groups is 1. The van der Waals surface area contributed by atoms with E-state index in [0.717, 1.165) is 35.4 Å². The van der Waals surface area contributed by atoms with Crippen LogP contribution in [0.25, 0.3) is 0 Å². The molecule has 2 rings (SSSR count). The molecule has 1 aromatic rings. The lowest BCUT2D eigenvalue weighted by Gasteiger charge is -2.20. The van der Waals surface area contributed by atoms with Crippen LogP contribution in [0.15, 0.2) is 18.2 Å². The lowest BCUT2D eigenvalue weighted by atomic mass is 10.1. The van der Waals surface area contributed by atoms with Crippen LogP contribution in [0.2, 0.25) is 0 Å². The first kappa shape index (κ1) is 15.0. The van der Waals surface area contributed by atoms with Gasteiger partial charge in [0.05, 0.1) is 5.25 Å². The third kappa shape index (κ3) is 4.03. The molecule has 1 aliphatic heterocycles. The van der Waals surface area contributed by atoms with Crippen LogP contribution < -0.4 is 5.32 Å². The second-order valence-corrected chi connectivity index (χ2v) is 6.14. The number of aryl methyl sites for hydroxylation is 1. The zero-order valence-corrected chi connectivity index (χ0v) is 12.4. The van der Waals surface area contributed by atoms with Gasteiger partial charge in [-0.3, -0.25) is 4.79 Å². The zero-order chi connectivity index (χ0) is 14.4. The average molecular weight is 289 g/mol. The van der Waals surface area contributed by atoms with Crippen LogP contribution in [0.3, 0.4) is 0 Å². The van der Waals surface area contributed by atoms with Gasteiger partial charge in [-0.15, -0.1) is 11.8 Å². The molecule has 1 aromatic carbocycles. The van der Waals surface area contributed by atoms with Crippen LogP contribution in [0, 0.1) is 18.8 Å². The van der Waals surface area contributed by atoms with Gasteiger partial charge >= 0.3 is 0 Å². The summed E-state index contributed by atoms with van der Waals surface area (Å²) in [5, 5.41) is 11.8. The van der Waals surface area contributed by atoms with Gasteiger partial charge in [-0.1, -0.05) is 18.3 Å². The molecule has 4 heteroatoms. The Bertz CT molecular complexity index is 539. The number of hydrogen-bond acceptors (Lipinski definition) is 3. The van der Waals surface area contributed by atoms with E-state index < -0.39 is 0 Å². The Kier molecular flexibility index (Phi) is 5.51. The van der Waals surface area contributed by atoms with Crippen LogP contribution in [0.4, 0.5) is 5.69 Å². The number of aliphatic hydroxyl groups excluding tert-OH is 1. The highest BCUT2D eigenvalue weighted by Gasteiger charge is 2.21. The molecule has 1 aliphatic rings. The fraction of sp³-hybridized carbons (Fsp3) is 0.438. The molecule has 0 bridgehead atoms. The molecular weight excluding hydrogens is 270 g/mol. The molecule has 1 fully saturated rings. The Morgan fingerprint density at radius 1 is 1.50 bits per heavy atom. The summed E-state index contributed by atoms with van der Waals surface area (Å²) >= 11 is 1.75. The summed E-state index contributed by atoms with van der Waals surface area (Å²) in [5.74, 6) is 6.70. The fourth-order valence-corrected chi connectivity index (χ4v) is 3.39. The first-order chi connectivity index (χ1) is 9.70. The molecule has 1 atom stereocenters. The summed E-state index contributed by atoms with van der Waals surface area (Å²) in [6.07, 6.45) is 3.32. The van der Waals surface area contributed by atoms with Crippen molar-refractivity contribution in [2.75, 3.05) is 17.7 Å². The predicted molar refractivity (Wildman–Crippen MR) is 83.9 cm³/mol. The monoisotopic (exact) mass is 289 g/mol. The van der Waals surface area contributed by atoms with E-state index >= 15 is 0 Å². The van der Waals surface area contributed by atoms with Crippen molar-refractivity contribution in [1.82, 2.24) is 0 Å². The van der Waals surface area contributed by atoms with Crippen LogP contribution in [-0.2, 0) is 4.79 Å². The van der Waals surface area contributed by atoms with E-state index in [9.17, 15) is 4.79 Å². The average Bonchev–Trinajstić information content (AvgIpc) is 2.47. The fourth-order valence-electron chi connectivity index (χ4n) is 2.19. The predicted octanol–water partition coefficient (Wildman–Crippen LogP) is 2.56. The number of carbonyl (C=O) groups is 1. The molecule has 0 radical (unpaired) electrons. The number of thioether (sulfide) groups is 1. The summed E-state index contributed by atoms with van der Waals surface area (Å²) in [6.45, 7) is 1.81. The molecule has 106 valence electrons. The maximum atomic E-state index is 12.1. The minimum absolute atomic E-state index is 0.0814. The van der Waals surface area contributed by atoms with Crippen LogP contribution in [-0.4, -0.2) is 28.6 Å². The van der Waals surface area contributed by atoms with Crippen LogP contribution >= 0.6 is 11.8 Å². The van der Waals surface area contributed by atoms with Crippen molar-refractivity contribution in [1.29, 1.82) is 0 Å². The normalized spacial score (nSPS) is 18.0. The first-order valence-electron chi connectivity index (χ1n) is 6.83. The number of anilines is 1. The van der Waals surface area contributed by atoms with Crippen molar-refractivity contribution >= 4 is 23.4 Å². The van der Waals surface area contributed by atoms with Gasteiger partial charge in [-0.25, -0.2) is 0 Å². The van der Waals surface area contributed by atoms with Gasteiger partial charge in [0.2, 0.25) is 5.91 Å². The van der Waals surface area contributed by atoms with Crippen molar-refractivity contribution in [2.24, 2.45) is 0 Å². The number of amides is 1. The van der Waals surface area contributed by atoms with E-state index in [4.69, 9.17) is 5.11 Å². The molecule has 1 saturated heterocycles. The van der Waals surface area contributed by atoms with Gasteiger partial charge in [0.15, 0.2) is 0 Å². The Labute approximate surface area is 124 Å². The molecular formula is C16H19NO2S. The molecule has 0 aliphatic carbocycles. The topological polar surface area (TPSA) is 49.3 Å². The van der Waals surface area contributed by atoms with Crippen molar-refractivity contribution in [3.63, 3.8) is 0 Å². The maximum absolute atomic E-state index is 12.1. The van der Waals surface area contributed by atoms with Gasteiger partial charge in [0, 0.05) is 11.3 Å².